The number of ether oxygens (including phenoxy) is 1. The molecule has 7 heteroatoms. The molecule has 0 aliphatic carbocycles. The third-order valence-corrected chi connectivity index (χ3v) is 6.01. The van der Waals surface area contributed by atoms with E-state index in [1.165, 1.54) is 22.4 Å². The molecule has 0 bridgehead atoms. The molecule has 0 saturated heterocycles. The first-order valence-corrected chi connectivity index (χ1v) is 11.0. The molecule has 1 aliphatic heterocycles. The summed E-state index contributed by atoms with van der Waals surface area (Å²) in [6, 6.07) is 27.7. The molecule has 2 atom stereocenters. The number of anilines is 2. The number of hydrogen-bond acceptors (Lipinski definition) is 5. The Hall–Kier alpha value is -3.61. The first-order valence-electron chi connectivity index (χ1n) is 11.0. The first-order chi connectivity index (χ1) is 16.1. The molecule has 5 rings (SSSR count). The van der Waals surface area contributed by atoms with Crippen molar-refractivity contribution in [2.45, 2.75) is 19.1 Å². The van der Waals surface area contributed by atoms with Crippen molar-refractivity contribution in [3.05, 3.63) is 96.2 Å². The normalized spacial score (nSPS) is 15.7. The van der Waals surface area contributed by atoms with E-state index in [4.69, 9.17) is 4.74 Å². The number of carbonyl (C=O) groups is 1. The first kappa shape index (κ1) is 23.5. The van der Waals surface area contributed by atoms with Crippen LogP contribution in [0.1, 0.15) is 29.0 Å². The van der Waals surface area contributed by atoms with E-state index >= 15 is 0 Å². The van der Waals surface area contributed by atoms with Crippen molar-refractivity contribution < 1.29 is 14.6 Å². The number of halogens is 1. The fourth-order valence-electron chi connectivity index (χ4n) is 4.36. The highest BCUT2D eigenvalue weighted by Crippen LogP contribution is 2.37. The van der Waals surface area contributed by atoms with Crippen LogP contribution >= 0.6 is 12.4 Å². The minimum Gasteiger partial charge on any atom is -0.485 e. The summed E-state index contributed by atoms with van der Waals surface area (Å²) in [6.07, 6.45) is -0.132. The molecular weight excluding hydrogens is 450 g/mol. The number of para-hydroxylation sites is 2. The zero-order chi connectivity index (χ0) is 22.8. The van der Waals surface area contributed by atoms with Crippen LogP contribution in [0.5, 0.6) is 5.75 Å². The molecule has 3 aromatic carbocycles. The van der Waals surface area contributed by atoms with E-state index in [-0.39, 0.29) is 30.2 Å². The van der Waals surface area contributed by atoms with Crippen molar-refractivity contribution in [3.8, 4) is 5.75 Å². The van der Waals surface area contributed by atoms with E-state index in [1.54, 1.807) is 6.07 Å². The number of nitrogens with one attached hydrogen (secondary N) is 1. The highest BCUT2D eigenvalue weighted by atomic mass is 35.5. The summed E-state index contributed by atoms with van der Waals surface area (Å²) in [5.74, 6) is 0.314. The van der Waals surface area contributed by atoms with Gasteiger partial charge in [-0.3, -0.25) is 0 Å². The Labute approximate surface area is 204 Å². The van der Waals surface area contributed by atoms with Gasteiger partial charge in [-0.25, -0.2) is 9.78 Å². The summed E-state index contributed by atoms with van der Waals surface area (Å²) in [5.41, 5.74) is 2.15. The van der Waals surface area contributed by atoms with Crippen molar-refractivity contribution in [3.63, 3.8) is 0 Å². The number of aromatic nitrogens is 1. The summed E-state index contributed by atoms with van der Waals surface area (Å²) in [7, 11) is 0. The standard InChI is InChI=1S/C27H25N3O3.ClH/c1-18(21-11-6-9-19-8-2-3-10-22(19)21)28-16-20-17-30(24-13-4-5-14-25(24)33-20)26-15-7-12-23(29-26)27(31)32;/h2-15,18,20,28H,16-17H2,1H3,(H,31,32);1H/t18-,20?;/m1./s1. The zero-order valence-electron chi connectivity index (χ0n) is 18.7. The Bertz CT molecular complexity index is 1310. The van der Waals surface area contributed by atoms with E-state index in [1.807, 2.05) is 35.2 Å². The van der Waals surface area contributed by atoms with Crippen LogP contribution in [-0.4, -0.2) is 35.3 Å². The monoisotopic (exact) mass is 475 g/mol. The predicted octanol–water partition coefficient (Wildman–Crippen LogP) is 5.60. The maximum Gasteiger partial charge on any atom is 0.354 e. The summed E-state index contributed by atoms with van der Waals surface area (Å²) in [4.78, 5) is 17.8. The third-order valence-electron chi connectivity index (χ3n) is 6.01. The molecule has 0 radical (unpaired) electrons. The van der Waals surface area contributed by atoms with Crippen LogP contribution < -0.4 is 15.0 Å². The molecule has 2 heterocycles. The molecule has 0 spiro atoms. The molecule has 1 aromatic heterocycles. The summed E-state index contributed by atoms with van der Waals surface area (Å²) >= 11 is 0. The Balaban J connectivity index is 0.00000274. The SMILES string of the molecule is C[C@@H](NCC1CN(c2cccc(C(=O)O)n2)c2ccccc2O1)c1cccc2ccccc12.Cl. The van der Waals surface area contributed by atoms with Crippen LogP contribution in [0.3, 0.4) is 0 Å². The van der Waals surface area contributed by atoms with Gasteiger partial charge in [0.1, 0.15) is 17.7 Å². The fraction of sp³-hybridized carbons (Fsp3) is 0.185. The van der Waals surface area contributed by atoms with Crippen LogP contribution in [-0.2, 0) is 0 Å². The largest absolute Gasteiger partial charge is 0.485 e. The molecule has 1 unspecified atom stereocenters. The minimum atomic E-state index is -1.04. The topological polar surface area (TPSA) is 74.7 Å². The lowest BCUT2D eigenvalue weighted by Crippen LogP contribution is -2.44. The van der Waals surface area contributed by atoms with Gasteiger partial charge in [-0.15, -0.1) is 12.4 Å². The molecule has 6 nitrogen and oxygen atoms in total. The molecule has 34 heavy (non-hydrogen) atoms. The average molecular weight is 476 g/mol. The maximum absolute atomic E-state index is 11.4. The molecule has 0 saturated carbocycles. The smallest absolute Gasteiger partial charge is 0.354 e. The molecule has 0 amide bonds. The van der Waals surface area contributed by atoms with Crippen molar-refractivity contribution in [2.24, 2.45) is 0 Å². The van der Waals surface area contributed by atoms with Crippen LogP contribution in [0.4, 0.5) is 11.5 Å². The third kappa shape index (κ3) is 4.69. The maximum atomic E-state index is 11.4. The van der Waals surface area contributed by atoms with Crippen LogP contribution in [0.2, 0.25) is 0 Å². The van der Waals surface area contributed by atoms with Gasteiger partial charge < -0.3 is 20.1 Å². The molecule has 2 N–H and O–H groups in total. The molecular formula is C27H26ClN3O3. The van der Waals surface area contributed by atoms with Gasteiger partial charge in [-0.2, -0.15) is 0 Å². The number of nitrogens with zero attached hydrogens (tertiary/aromatic N) is 2. The average Bonchev–Trinajstić information content (AvgIpc) is 2.86. The molecule has 0 fully saturated rings. The van der Waals surface area contributed by atoms with Crippen molar-refractivity contribution in [1.82, 2.24) is 10.3 Å². The number of carboxylic acids is 1. The van der Waals surface area contributed by atoms with Gasteiger partial charge in [0.2, 0.25) is 0 Å². The number of hydrogen-bond donors (Lipinski definition) is 2. The number of fused-ring (bicyclic) bond motifs is 2. The zero-order valence-corrected chi connectivity index (χ0v) is 19.5. The second-order valence-corrected chi connectivity index (χ2v) is 8.20. The number of pyridine rings is 1. The minimum absolute atomic E-state index is 0. The van der Waals surface area contributed by atoms with Crippen molar-refractivity contribution >= 4 is 40.7 Å². The summed E-state index contributed by atoms with van der Waals surface area (Å²) in [5, 5.41) is 15.5. The van der Waals surface area contributed by atoms with Gasteiger partial charge >= 0.3 is 5.97 Å². The Morgan fingerprint density at radius 2 is 1.79 bits per heavy atom. The van der Waals surface area contributed by atoms with E-state index in [2.05, 4.69) is 59.7 Å². The van der Waals surface area contributed by atoms with Gasteiger partial charge in [0.25, 0.3) is 0 Å². The lowest BCUT2D eigenvalue weighted by atomic mass is 9.99. The molecule has 4 aromatic rings. The van der Waals surface area contributed by atoms with Crippen molar-refractivity contribution in [2.75, 3.05) is 18.0 Å². The lowest BCUT2D eigenvalue weighted by Gasteiger charge is -2.36. The number of rotatable bonds is 6. The second kappa shape index (κ2) is 10.1. The molecule has 1 aliphatic rings. The van der Waals surface area contributed by atoms with Gasteiger partial charge in [-0.1, -0.05) is 60.7 Å². The lowest BCUT2D eigenvalue weighted by molar-refractivity contribution is 0.0690. The van der Waals surface area contributed by atoms with E-state index < -0.39 is 5.97 Å². The van der Waals surface area contributed by atoms with Crippen molar-refractivity contribution in [1.29, 1.82) is 0 Å². The highest BCUT2D eigenvalue weighted by molar-refractivity contribution is 5.87. The Morgan fingerprint density at radius 3 is 2.65 bits per heavy atom. The number of benzene rings is 3. The highest BCUT2D eigenvalue weighted by Gasteiger charge is 2.28. The van der Waals surface area contributed by atoms with Gasteiger partial charge in [-0.05, 0) is 47.5 Å². The van der Waals surface area contributed by atoms with E-state index in [0.29, 0.717) is 18.9 Å². The van der Waals surface area contributed by atoms with E-state index in [9.17, 15) is 9.90 Å². The summed E-state index contributed by atoms with van der Waals surface area (Å²) < 4.78 is 6.29. The van der Waals surface area contributed by atoms with Gasteiger partial charge in [0.05, 0.1) is 12.2 Å². The fourth-order valence-corrected chi connectivity index (χ4v) is 4.36. The van der Waals surface area contributed by atoms with Gasteiger partial charge in [0, 0.05) is 12.6 Å². The quantitative estimate of drug-likeness (QED) is 0.378. The van der Waals surface area contributed by atoms with Crippen LogP contribution in [0, 0.1) is 0 Å². The van der Waals surface area contributed by atoms with Crippen LogP contribution in [0.15, 0.2) is 84.9 Å². The Kier molecular flexibility index (Phi) is 7.01. The predicted molar refractivity (Wildman–Crippen MR) is 137 cm³/mol. The van der Waals surface area contributed by atoms with Gasteiger partial charge in [0.15, 0.2) is 5.69 Å². The second-order valence-electron chi connectivity index (χ2n) is 8.20. The summed E-state index contributed by atoms with van der Waals surface area (Å²) in [6.45, 7) is 3.35. The number of carboxylic acid groups (broad SMARTS) is 1. The number of aromatic carboxylic acids is 1. The molecule has 174 valence electrons. The Morgan fingerprint density at radius 1 is 1.06 bits per heavy atom. The van der Waals surface area contributed by atoms with Crippen LogP contribution in [0.25, 0.3) is 10.8 Å². The van der Waals surface area contributed by atoms with E-state index in [0.717, 1.165) is 11.4 Å².